The molecule has 0 saturated carbocycles. The number of fused-ring (bicyclic) bond motifs is 1. The van der Waals surface area contributed by atoms with Crippen LogP contribution in [0.1, 0.15) is 16.8 Å². The monoisotopic (exact) mass is 401 g/mol. The molecule has 2 N–H and O–H groups in total. The highest BCUT2D eigenvalue weighted by Crippen LogP contribution is 2.34. The molecule has 0 unspecified atom stereocenters. The van der Waals surface area contributed by atoms with Gasteiger partial charge in [-0.3, -0.25) is 4.79 Å². The van der Waals surface area contributed by atoms with Crippen LogP contribution in [0.3, 0.4) is 0 Å². The Balaban J connectivity index is 2.07. The van der Waals surface area contributed by atoms with Crippen LogP contribution in [0.25, 0.3) is 10.9 Å². The SMILES string of the molecule is Cc1c(CC(=O)O)c2cc(O)c(F)cc2n1Cc1csc(SC(F)F)c1. The van der Waals surface area contributed by atoms with Crippen molar-refractivity contribution >= 4 is 40.0 Å². The van der Waals surface area contributed by atoms with Gasteiger partial charge in [0.25, 0.3) is 5.76 Å². The van der Waals surface area contributed by atoms with Crippen molar-refractivity contribution in [2.45, 2.75) is 29.9 Å². The second-order valence-corrected chi connectivity index (χ2v) is 7.90. The normalized spacial score (nSPS) is 11.6. The lowest BCUT2D eigenvalue weighted by molar-refractivity contribution is -0.136. The lowest BCUT2D eigenvalue weighted by atomic mass is 10.1. The number of alkyl halides is 2. The number of hydrogen-bond acceptors (Lipinski definition) is 4. The van der Waals surface area contributed by atoms with E-state index in [9.17, 15) is 23.1 Å². The van der Waals surface area contributed by atoms with Crippen LogP contribution in [0.2, 0.25) is 0 Å². The molecule has 0 spiro atoms. The molecular formula is C17H14F3NO3S2. The quantitative estimate of drug-likeness (QED) is 0.580. The summed E-state index contributed by atoms with van der Waals surface area (Å²) in [4.78, 5) is 11.2. The van der Waals surface area contributed by atoms with Gasteiger partial charge in [-0.2, -0.15) is 8.78 Å². The van der Waals surface area contributed by atoms with Gasteiger partial charge in [0.15, 0.2) is 11.6 Å². The standard InChI is InChI=1S/C17H14F3NO3S2/c1-8-10(4-15(23)24)11-3-14(22)12(18)5-13(11)21(8)6-9-2-16(25-7-9)26-17(19)20/h2-3,5,7,17,22H,4,6H2,1H3,(H,23,24). The van der Waals surface area contributed by atoms with Crippen LogP contribution in [-0.4, -0.2) is 26.5 Å². The number of thiophene rings is 1. The van der Waals surface area contributed by atoms with Crippen molar-refractivity contribution < 1.29 is 28.2 Å². The van der Waals surface area contributed by atoms with Crippen molar-refractivity contribution in [3.05, 3.63) is 46.2 Å². The first kappa shape index (κ1) is 18.7. The predicted molar refractivity (Wildman–Crippen MR) is 94.9 cm³/mol. The Morgan fingerprint density at radius 2 is 2.08 bits per heavy atom. The molecular weight excluding hydrogens is 387 g/mol. The summed E-state index contributed by atoms with van der Waals surface area (Å²) in [5, 5.41) is 21.0. The molecule has 3 aromatic rings. The van der Waals surface area contributed by atoms with Crippen molar-refractivity contribution in [3.8, 4) is 5.75 Å². The predicted octanol–water partition coefficient (Wildman–Crippen LogP) is 4.85. The molecule has 26 heavy (non-hydrogen) atoms. The van der Waals surface area contributed by atoms with Crippen molar-refractivity contribution in [1.29, 1.82) is 0 Å². The molecule has 0 aliphatic rings. The number of carboxylic acids is 1. The number of carboxylic acid groups (broad SMARTS) is 1. The van der Waals surface area contributed by atoms with E-state index in [1.165, 1.54) is 17.4 Å². The summed E-state index contributed by atoms with van der Waals surface area (Å²) in [6.07, 6.45) is -0.267. The molecule has 0 aliphatic heterocycles. The maximum absolute atomic E-state index is 13.9. The van der Waals surface area contributed by atoms with Gasteiger partial charge in [0.1, 0.15) is 0 Å². The zero-order valence-corrected chi connectivity index (χ0v) is 15.1. The van der Waals surface area contributed by atoms with Crippen molar-refractivity contribution in [1.82, 2.24) is 4.57 Å². The summed E-state index contributed by atoms with van der Waals surface area (Å²) in [6, 6.07) is 4.02. The van der Waals surface area contributed by atoms with Crippen molar-refractivity contribution in [3.63, 3.8) is 0 Å². The first-order valence-electron chi connectivity index (χ1n) is 7.50. The molecule has 0 amide bonds. The van der Waals surface area contributed by atoms with E-state index in [1.54, 1.807) is 22.9 Å². The van der Waals surface area contributed by atoms with E-state index in [0.29, 0.717) is 38.1 Å². The third kappa shape index (κ3) is 3.68. The van der Waals surface area contributed by atoms with E-state index in [2.05, 4.69) is 0 Å². The lowest BCUT2D eigenvalue weighted by Gasteiger charge is -2.08. The topological polar surface area (TPSA) is 62.5 Å². The lowest BCUT2D eigenvalue weighted by Crippen LogP contribution is -2.04. The molecule has 1 aromatic carbocycles. The fraction of sp³-hybridized carbons (Fsp3) is 0.235. The van der Waals surface area contributed by atoms with Crippen LogP contribution in [0.15, 0.2) is 27.8 Å². The summed E-state index contributed by atoms with van der Waals surface area (Å²) in [5.41, 5.74) is 2.32. The van der Waals surface area contributed by atoms with Gasteiger partial charge >= 0.3 is 5.97 Å². The van der Waals surface area contributed by atoms with Crippen LogP contribution in [0.5, 0.6) is 5.75 Å². The number of rotatable bonds is 6. The van der Waals surface area contributed by atoms with Crippen LogP contribution >= 0.6 is 23.1 Å². The number of aromatic nitrogens is 1. The molecule has 9 heteroatoms. The molecule has 2 heterocycles. The van der Waals surface area contributed by atoms with Gasteiger partial charge in [0, 0.05) is 23.7 Å². The third-order valence-electron chi connectivity index (χ3n) is 4.03. The number of halogens is 3. The van der Waals surface area contributed by atoms with Crippen LogP contribution in [0.4, 0.5) is 13.2 Å². The summed E-state index contributed by atoms with van der Waals surface area (Å²) in [5.74, 6) is -4.90. The van der Waals surface area contributed by atoms with Gasteiger partial charge in [-0.05, 0) is 47.3 Å². The Bertz CT molecular complexity index is 981. The number of hydrogen-bond donors (Lipinski definition) is 2. The molecule has 4 nitrogen and oxygen atoms in total. The summed E-state index contributed by atoms with van der Waals surface area (Å²) < 4.78 is 41.0. The minimum atomic E-state index is -2.50. The zero-order chi connectivity index (χ0) is 19.0. The van der Waals surface area contributed by atoms with Crippen LogP contribution in [0, 0.1) is 12.7 Å². The Labute approximate surface area is 154 Å². The largest absolute Gasteiger partial charge is 0.505 e. The second-order valence-electron chi connectivity index (χ2n) is 5.69. The number of benzene rings is 1. The second kappa shape index (κ2) is 7.24. The Morgan fingerprint density at radius 1 is 1.35 bits per heavy atom. The zero-order valence-electron chi connectivity index (χ0n) is 13.5. The van der Waals surface area contributed by atoms with Gasteiger partial charge in [0.2, 0.25) is 0 Å². The fourth-order valence-corrected chi connectivity index (χ4v) is 4.51. The molecule has 0 aliphatic carbocycles. The van der Waals surface area contributed by atoms with Gasteiger partial charge in [-0.15, -0.1) is 11.3 Å². The number of nitrogens with zero attached hydrogens (tertiary/aromatic N) is 1. The minimum Gasteiger partial charge on any atom is -0.505 e. The molecule has 0 saturated heterocycles. The Kier molecular flexibility index (Phi) is 5.19. The summed E-state index contributed by atoms with van der Waals surface area (Å²) >= 11 is 1.65. The number of carbonyl (C=O) groups is 1. The fourth-order valence-electron chi connectivity index (χ4n) is 2.90. The highest BCUT2D eigenvalue weighted by Gasteiger charge is 2.19. The third-order valence-corrected chi connectivity index (χ3v) is 5.90. The average molecular weight is 401 g/mol. The number of thioether (sulfide) groups is 1. The van der Waals surface area contributed by atoms with Crippen LogP contribution < -0.4 is 0 Å². The van der Waals surface area contributed by atoms with E-state index in [-0.39, 0.29) is 13.0 Å². The van der Waals surface area contributed by atoms with Gasteiger partial charge < -0.3 is 14.8 Å². The van der Waals surface area contributed by atoms with Crippen molar-refractivity contribution in [2.24, 2.45) is 0 Å². The molecule has 2 aromatic heterocycles. The van der Waals surface area contributed by atoms with Crippen molar-refractivity contribution in [2.75, 3.05) is 0 Å². The maximum Gasteiger partial charge on any atom is 0.307 e. The highest BCUT2D eigenvalue weighted by molar-refractivity contribution is 8.01. The minimum absolute atomic E-state index is 0.267. The number of phenols is 1. The van der Waals surface area contributed by atoms with E-state index < -0.39 is 23.3 Å². The Morgan fingerprint density at radius 3 is 2.73 bits per heavy atom. The van der Waals surface area contributed by atoms with Crippen LogP contribution in [-0.2, 0) is 17.8 Å². The molecule has 3 rings (SSSR count). The molecule has 0 atom stereocenters. The molecule has 0 radical (unpaired) electrons. The van der Waals surface area contributed by atoms with E-state index in [1.807, 2.05) is 0 Å². The molecule has 138 valence electrons. The first-order valence-corrected chi connectivity index (χ1v) is 9.26. The highest BCUT2D eigenvalue weighted by atomic mass is 32.2. The Hall–Kier alpha value is -2.13. The van der Waals surface area contributed by atoms with Gasteiger partial charge in [0.05, 0.1) is 16.1 Å². The summed E-state index contributed by atoms with van der Waals surface area (Å²) in [6.45, 7) is 2.00. The van der Waals surface area contributed by atoms with E-state index in [0.717, 1.165) is 11.6 Å². The number of aliphatic carboxylic acids is 1. The van der Waals surface area contributed by atoms with E-state index >= 15 is 0 Å². The van der Waals surface area contributed by atoms with Gasteiger partial charge in [-0.25, -0.2) is 4.39 Å². The van der Waals surface area contributed by atoms with E-state index in [4.69, 9.17) is 5.11 Å². The summed E-state index contributed by atoms with van der Waals surface area (Å²) in [7, 11) is 0. The smallest absolute Gasteiger partial charge is 0.307 e. The first-order chi connectivity index (χ1) is 12.3. The number of aromatic hydroxyl groups is 1. The maximum atomic E-state index is 13.9. The van der Waals surface area contributed by atoms with Gasteiger partial charge in [-0.1, -0.05) is 0 Å². The molecule has 0 fully saturated rings. The number of phenolic OH excluding ortho intramolecular Hbond substituents is 1. The average Bonchev–Trinajstić information content (AvgIpc) is 3.06. The molecule has 0 bridgehead atoms.